The second-order valence-corrected chi connectivity index (χ2v) is 5.24. The molecule has 0 saturated carbocycles. The SMILES string of the molecule is CN1CCCC(c2ccc(CC(=O)O)cc2)CC1. The van der Waals surface area contributed by atoms with Crippen LogP contribution in [0.1, 0.15) is 36.3 Å². The fraction of sp³-hybridized carbons (Fsp3) is 0.533. The molecule has 2 rings (SSSR count). The van der Waals surface area contributed by atoms with Gasteiger partial charge in [0.2, 0.25) is 0 Å². The summed E-state index contributed by atoms with van der Waals surface area (Å²) in [7, 11) is 2.18. The largest absolute Gasteiger partial charge is 0.481 e. The number of benzene rings is 1. The number of carbonyl (C=O) groups is 1. The Hall–Kier alpha value is -1.35. The Bertz CT molecular complexity index is 399. The fourth-order valence-corrected chi connectivity index (χ4v) is 2.66. The standard InChI is InChI=1S/C15H21NO2/c1-16-9-2-3-13(8-10-16)14-6-4-12(5-7-14)11-15(17)18/h4-7,13H,2-3,8-11H2,1H3,(H,17,18). The second kappa shape index (κ2) is 6.01. The molecular weight excluding hydrogens is 226 g/mol. The number of carboxylic acid groups (broad SMARTS) is 1. The summed E-state index contributed by atoms with van der Waals surface area (Å²) in [4.78, 5) is 13.0. The molecule has 0 bridgehead atoms. The topological polar surface area (TPSA) is 40.5 Å². The molecule has 1 atom stereocenters. The van der Waals surface area contributed by atoms with Gasteiger partial charge in [-0.15, -0.1) is 0 Å². The highest BCUT2D eigenvalue weighted by Gasteiger charge is 2.16. The molecule has 1 aromatic carbocycles. The van der Waals surface area contributed by atoms with Crippen molar-refractivity contribution in [1.29, 1.82) is 0 Å². The molecule has 0 radical (unpaired) electrons. The Morgan fingerprint density at radius 3 is 2.67 bits per heavy atom. The summed E-state index contributed by atoms with van der Waals surface area (Å²) in [6.07, 6.45) is 3.81. The summed E-state index contributed by atoms with van der Waals surface area (Å²) in [5, 5.41) is 8.75. The fourth-order valence-electron chi connectivity index (χ4n) is 2.66. The van der Waals surface area contributed by atoms with E-state index in [0.717, 1.165) is 12.1 Å². The van der Waals surface area contributed by atoms with Crippen LogP contribution in [0, 0.1) is 0 Å². The average molecular weight is 247 g/mol. The lowest BCUT2D eigenvalue weighted by Gasteiger charge is -2.15. The monoisotopic (exact) mass is 247 g/mol. The van der Waals surface area contributed by atoms with Crippen molar-refractivity contribution in [3.05, 3.63) is 35.4 Å². The van der Waals surface area contributed by atoms with E-state index < -0.39 is 5.97 Å². The highest BCUT2D eigenvalue weighted by molar-refractivity contribution is 5.70. The van der Waals surface area contributed by atoms with Crippen LogP contribution in [0.4, 0.5) is 0 Å². The molecule has 1 N–H and O–H groups in total. The summed E-state index contributed by atoms with van der Waals surface area (Å²) in [6.45, 7) is 2.34. The van der Waals surface area contributed by atoms with Crippen molar-refractivity contribution in [1.82, 2.24) is 4.90 Å². The van der Waals surface area contributed by atoms with Crippen LogP contribution in [0.15, 0.2) is 24.3 Å². The van der Waals surface area contributed by atoms with Crippen LogP contribution in [0.5, 0.6) is 0 Å². The molecule has 18 heavy (non-hydrogen) atoms. The van der Waals surface area contributed by atoms with Gasteiger partial charge in [-0.3, -0.25) is 4.79 Å². The lowest BCUT2D eigenvalue weighted by atomic mass is 9.91. The van der Waals surface area contributed by atoms with Crippen molar-refractivity contribution in [3.8, 4) is 0 Å². The number of hydrogen-bond acceptors (Lipinski definition) is 2. The number of aliphatic carboxylic acids is 1. The van der Waals surface area contributed by atoms with E-state index in [2.05, 4.69) is 24.1 Å². The molecule has 1 saturated heterocycles. The van der Waals surface area contributed by atoms with E-state index in [1.165, 1.54) is 31.4 Å². The van der Waals surface area contributed by atoms with Gasteiger partial charge in [0.1, 0.15) is 0 Å². The lowest BCUT2D eigenvalue weighted by molar-refractivity contribution is -0.136. The van der Waals surface area contributed by atoms with Gasteiger partial charge in [-0.2, -0.15) is 0 Å². The molecule has 98 valence electrons. The molecule has 1 unspecified atom stereocenters. The van der Waals surface area contributed by atoms with Gasteiger partial charge in [0.25, 0.3) is 0 Å². The molecule has 0 aromatic heterocycles. The van der Waals surface area contributed by atoms with E-state index in [1.807, 2.05) is 12.1 Å². The first-order chi connectivity index (χ1) is 8.65. The summed E-state index contributed by atoms with van der Waals surface area (Å²) in [5.41, 5.74) is 2.25. The minimum absolute atomic E-state index is 0.119. The van der Waals surface area contributed by atoms with Crippen LogP contribution >= 0.6 is 0 Å². The van der Waals surface area contributed by atoms with Crippen molar-refractivity contribution in [2.75, 3.05) is 20.1 Å². The molecule has 1 heterocycles. The molecule has 3 heteroatoms. The highest BCUT2D eigenvalue weighted by atomic mass is 16.4. The Morgan fingerprint density at radius 2 is 2.00 bits per heavy atom. The molecule has 0 amide bonds. The van der Waals surface area contributed by atoms with Gasteiger partial charge in [0, 0.05) is 0 Å². The van der Waals surface area contributed by atoms with E-state index in [1.54, 1.807) is 0 Å². The first-order valence-corrected chi connectivity index (χ1v) is 6.64. The highest BCUT2D eigenvalue weighted by Crippen LogP contribution is 2.27. The van der Waals surface area contributed by atoms with E-state index in [0.29, 0.717) is 5.92 Å². The zero-order valence-corrected chi connectivity index (χ0v) is 10.9. The third kappa shape index (κ3) is 3.57. The summed E-state index contributed by atoms with van der Waals surface area (Å²) in [6, 6.07) is 8.12. The van der Waals surface area contributed by atoms with E-state index in [9.17, 15) is 4.79 Å². The molecule has 1 fully saturated rings. The Morgan fingerprint density at radius 1 is 1.28 bits per heavy atom. The van der Waals surface area contributed by atoms with Gasteiger partial charge >= 0.3 is 5.97 Å². The first-order valence-electron chi connectivity index (χ1n) is 6.64. The van der Waals surface area contributed by atoms with Crippen LogP contribution in [0.3, 0.4) is 0 Å². The number of hydrogen-bond donors (Lipinski definition) is 1. The second-order valence-electron chi connectivity index (χ2n) is 5.24. The van der Waals surface area contributed by atoms with Crippen molar-refractivity contribution in [2.45, 2.75) is 31.6 Å². The quantitative estimate of drug-likeness (QED) is 0.892. The Labute approximate surface area is 108 Å². The van der Waals surface area contributed by atoms with Gasteiger partial charge in [-0.25, -0.2) is 0 Å². The summed E-state index contributed by atoms with van der Waals surface area (Å²) >= 11 is 0. The molecule has 1 aromatic rings. The van der Waals surface area contributed by atoms with Gasteiger partial charge in [-0.05, 0) is 56.4 Å². The van der Waals surface area contributed by atoms with Gasteiger partial charge < -0.3 is 10.0 Å². The maximum Gasteiger partial charge on any atom is 0.307 e. The maximum absolute atomic E-state index is 10.6. The number of likely N-dealkylation sites (tertiary alicyclic amines) is 1. The number of rotatable bonds is 3. The zero-order valence-electron chi connectivity index (χ0n) is 10.9. The lowest BCUT2D eigenvalue weighted by Crippen LogP contribution is -2.18. The Kier molecular flexibility index (Phi) is 4.37. The molecule has 3 nitrogen and oxygen atoms in total. The van der Waals surface area contributed by atoms with E-state index in [-0.39, 0.29) is 6.42 Å². The van der Waals surface area contributed by atoms with Crippen molar-refractivity contribution < 1.29 is 9.90 Å². The van der Waals surface area contributed by atoms with Crippen LogP contribution < -0.4 is 0 Å². The van der Waals surface area contributed by atoms with Crippen molar-refractivity contribution in [2.24, 2.45) is 0 Å². The van der Waals surface area contributed by atoms with Crippen molar-refractivity contribution >= 4 is 5.97 Å². The van der Waals surface area contributed by atoms with Gasteiger partial charge in [0.05, 0.1) is 6.42 Å². The smallest absolute Gasteiger partial charge is 0.307 e. The van der Waals surface area contributed by atoms with Crippen LogP contribution in [-0.2, 0) is 11.2 Å². The van der Waals surface area contributed by atoms with E-state index in [4.69, 9.17) is 5.11 Å². The Balaban J connectivity index is 2.02. The average Bonchev–Trinajstić information content (AvgIpc) is 2.54. The van der Waals surface area contributed by atoms with Crippen LogP contribution in [0.2, 0.25) is 0 Å². The number of carboxylic acids is 1. The van der Waals surface area contributed by atoms with E-state index >= 15 is 0 Å². The van der Waals surface area contributed by atoms with Gasteiger partial charge in [0.15, 0.2) is 0 Å². The molecular formula is C15H21NO2. The summed E-state index contributed by atoms with van der Waals surface area (Å²) in [5.74, 6) is -0.132. The van der Waals surface area contributed by atoms with Gasteiger partial charge in [-0.1, -0.05) is 24.3 Å². The minimum Gasteiger partial charge on any atom is -0.481 e. The molecule has 1 aliphatic rings. The first kappa shape index (κ1) is 13.1. The molecule has 0 aliphatic carbocycles. The summed E-state index contributed by atoms with van der Waals surface area (Å²) < 4.78 is 0. The maximum atomic E-state index is 10.6. The van der Waals surface area contributed by atoms with Crippen LogP contribution in [0.25, 0.3) is 0 Å². The third-order valence-electron chi connectivity index (χ3n) is 3.76. The third-order valence-corrected chi connectivity index (χ3v) is 3.76. The minimum atomic E-state index is -0.765. The predicted molar refractivity (Wildman–Crippen MR) is 71.9 cm³/mol. The predicted octanol–water partition coefficient (Wildman–Crippen LogP) is 2.51. The zero-order chi connectivity index (χ0) is 13.0. The van der Waals surface area contributed by atoms with Crippen molar-refractivity contribution in [3.63, 3.8) is 0 Å². The molecule has 0 spiro atoms. The van der Waals surface area contributed by atoms with Crippen LogP contribution in [-0.4, -0.2) is 36.1 Å². The number of nitrogens with zero attached hydrogens (tertiary/aromatic N) is 1. The normalized spacial score (nSPS) is 21.5. The molecule has 1 aliphatic heterocycles.